The van der Waals surface area contributed by atoms with Crippen LogP contribution in [-0.2, 0) is 9.53 Å². The van der Waals surface area contributed by atoms with Crippen LogP contribution >= 0.6 is 0 Å². The summed E-state index contributed by atoms with van der Waals surface area (Å²) in [6.45, 7) is 6.33. The quantitative estimate of drug-likeness (QED) is 0.225. The molecule has 0 saturated heterocycles. The summed E-state index contributed by atoms with van der Waals surface area (Å²) >= 11 is 0. The number of nitrogens with one attached hydrogen (secondary N) is 1. The minimum Gasteiger partial charge on any atom is -0.464 e. The van der Waals surface area contributed by atoms with E-state index in [0.717, 1.165) is 18.4 Å². The Morgan fingerprint density at radius 2 is 1.27 bits per heavy atom. The second kappa shape index (κ2) is 16.9. The Kier molecular flexibility index (Phi) is 14.8. The van der Waals surface area contributed by atoms with Crippen LogP contribution < -0.4 is 5.32 Å². The average molecular weight is 418 g/mol. The van der Waals surface area contributed by atoms with Crippen molar-refractivity contribution in [1.29, 1.82) is 0 Å². The molecule has 0 radical (unpaired) electrons. The second-order valence-electron chi connectivity index (χ2n) is 8.47. The largest absolute Gasteiger partial charge is 0.464 e. The fourth-order valence-electron chi connectivity index (χ4n) is 3.46. The van der Waals surface area contributed by atoms with Gasteiger partial charge < -0.3 is 10.1 Å². The van der Waals surface area contributed by atoms with Crippen LogP contribution in [0.5, 0.6) is 0 Å². The molecule has 4 nitrogen and oxygen atoms in total. The number of carbonyl (C=O) groups is 2. The van der Waals surface area contributed by atoms with Crippen molar-refractivity contribution in [3.05, 3.63) is 35.4 Å². The summed E-state index contributed by atoms with van der Waals surface area (Å²) in [5.74, 6) is -0.616. The standard InChI is InChI=1S/C26H43NO3/c1-4-5-6-7-8-9-10-11-12-13-14-15-16-21-30-26(29)23(3)27-25(28)24-19-17-22(2)18-20-24/h17-20,23H,4-16,21H2,1-3H3,(H,27,28). The Morgan fingerprint density at radius 1 is 0.800 bits per heavy atom. The van der Waals surface area contributed by atoms with E-state index in [-0.39, 0.29) is 11.9 Å². The molecule has 4 heteroatoms. The maximum Gasteiger partial charge on any atom is 0.328 e. The highest BCUT2D eigenvalue weighted by Crippen LogP contribution is 2.12. The number of benzene rings is 1. The van der Waals surface area contributed by atoms with Gasteiger partial charge in [0, 0.05) is 5.56 Å². The molecule has 1 rings (SSSR count). The zero-order valence-corrected chi connectivity index (χ0v) is 19.5. The van der Waals surface area contributed by atoms with Gasteiger partial charge in [-0.05, 0) is 32.4 Å². The molecule has 30 heavy (non-hydrogen) atoms. The van der Waals surface area contributed by atoms with Gasteiger partial charge in [-0.2, -0.15) is 0 Å². The average Bonchev–Trinajstić information content (AvgIpc) is 2.74. The summed E-state index contributed by atoms with van der Waals surface area (Å²) in [6.07, 6.45) is 16.8. The molecule has 0 aliphatic carbocycles. The van der Waals surface area contributed by atoms with Crippen LogP contribution in [0.1, 0.15) is 113 Å². The lowest BCUT2D eigenvalue weighted by atomic mass is 10.0. The van der Waals surface area contributed by atoms with Crippen LogP contribution in [0.2, 0.25) is 0 Å². The molecule has 0 spiro atoms. The summed E-state index contributed by atoms with van der Waals surface area (Å²) in [5, 5.41) is 2.70. The summed E-state index contributed by atoms with van der Waals surface area (Å²) in [7, 11) is 0. The first-order valence-electron chi connectivity index (χ1n) is 12.1. The third-order valence-electron chi connectivity index (χ3n) is 5.51. The number of amides is 1. The first-order chi connectivity index (χ1) is 14.5. The molecule has 0 fully saturated rings. The van der Waals surface area contributed by atoms with Crippen molar-refractivity contribution in [3.63, 3.8) is 0 Å². The second-order valence-corrected chi connectivity index (χ2v) is 8.47. The number of ether oxygens (including phenoxy) is 1. The van der Waals surface area contributed by atoms with Gasteiger partial charge in [0.05, 0.1) is 6.61 Å². The summed E-state index contributed by atoms with van der Waals surface area (Å²) < 4.78 is 5.31. The molecule has 0 saturated carbocycles. The first kappa shape index (κ1) is 26.2. The van der Waals surface area contributed by atoms with E-state index < -0.39 is 6.04 Å². The van der Waals surface area contributed by atoms with E-state index in [9.17, 15) is 9.59 Å². The number of esters is 1. The Morgan fingerprint density at radius 3 is 1.77 bits per heavy atom. The lowest BCUT2D eigenvalue weighted by Gasteiger charge is -2.13. The number of unbranched alkanes of at least 4 members (excludes halogenated alkanes) is 12. The topological polar surface area (TPSA) is 55.4 Å². The molecule has 0 aliphatic rings. The first-order valence-corrected chi connectivity index (χ1v) is 12.1. The van der Waals surface area contributed by atoms with Gasteiger partial charge in [-0.3, -0.25) is 4.79 Å². The summed E-state index contributed by atoms with van der Waals surface area (Å²) in [4.78, 5) is 24.2. The minimum absolute atomic E-state index is 0.250. The van der Waals surface area contributed by atoms with Crippen molar-refractivity contribution < 1.29 is 14.3 Å². The highest BCUT2D eigenvalue weighted by Gasteiger charge is 2.17. The zero-order valence-electron chi connectivity index (χ0n) is 19.5. The van der Waals surface area contributed by atoms with Gasteiger partial charge in [0.15, 0.2) is 0 Å². The van der Waals surface area contributed by atoms with E-state index in [1.165, 1.54) is 70.6 Å². The van der Waals surface area contributed by atoms with E-state index in [1.54, 1.807) is 19.1 Å². The van der Waals surface area contributed by atoms with Crippen LogP contribution in [0.4, 0.5) is 0 Å². The van der Waals surface area contributed by atoms with Crippen molar-refractivity contribution in [2.45, 2.75) is 110 Å². The number of hydrogen-bond donors (Lipinski definition) is 1. The van der Waals surface area contributed by atoms with Crippen molar-refractivity contribution in [3.8, 4) is 0 Å². The van der Waals surface area contributed by atoms with Gasteiger partial charge in [0.2, 0.25) is 0 Å². The molecule has 0 aromatic heterocycles. The van der Waals surface area contributed by atoms with Crippen LogP contribution in [0.15, 0.2) is 24.3 Å². The number of rotatable bonds is 17. The predicted octanol–water partition coefficient (Wildman–Crippen LogP) is 6.75. The van der Waals surface area contributed by atoms with E-state index in [1.807, 2.05) is 19.1 Å². The molecule has 0 aliphatic heterocycles. The highest BCUT2D eigenvalue weighted by atomic mass is 16.5. The monoisotopic (exact) mass is 417 g/mol. The Balaban J connectivity index is 1.96. The van der Waals surface area contributed by atoms with Gasteiger partial charge in [-0.15, -0.1) is 0 Å². The maximum atomic E-state index is 12.2. The molecule has 1 N–H and O–H groups in total. The smallest absolute Gasteiger partial charge is 0.328 e. The van der Waals surface area contributed by atoms with Crippen LogP contribution in [-0.4, -0.2) is 24.5 Å². The van der Waals surface area contributed by atoms with Gasteiger partial charge in [-0.25, -0.2) is 4.79 Å². The molecule has 170 valence electrons. The van der Waals surface area contributed by atoms with E-state index in [0.29, 0.717) is 12.2 Å². The molecule has 0 bridgehead atoms. The molecule has 1 atom stereocenters. The molecule has 1 unspecified atom stereocenters. The third-order valence-corrected chi connectivity index (χ3v) is 5.51. The number of aryl methyl sites for hydroxylation is 1. The third kappa shape index (κ3) is 12.7. The van der Waals surface area contributed by atoms with E-state index in [4.69, 9.17) is 4.74 Å². The molecular weight excluding hydrogens is 374 g/mol. The molecule has 0 heterocycles. The van der Waals surface area contributed by atoms with Gasteiger partial charge in [0.1, 0.15) is 6.04 Å². The molecule has 1 aromatic rings. The molecular formula is C26H43NO3. The zero-order chi connectivity index (χ0) is 22.0. The van der Waals surface area contributed by atoms with Crippen molar-refractivity contribution >= 4 is 11.9 Å². The SMILES string of the molecule is CCCCCCCCCCCCCCCOC(=O)C(C)NC(=O)c1ccc(C)cc1. The van der Waals surface area contributed by atoms with E-state index in [2.05, 4.69) is 12.2 Å². The van der Waals surface area contributed by atoms with Crippen molar-refractivity contribution in [1.82, 2.24) is 5.32 Å². The maximum absolute atomic E-state index is 12.2. The Hall–Kier alpha value is -1.84. The van der Waals surface area contributed by atoms with Crippen LogP contribution in [0.25, 0.3) is 0 Å². The van der Waals surface area contributed by atoms with Crippen molar-refractivity contribution in [2.75, 3.05) is 6.61 Å². The lowest BCUT2D eigenvalue weighted by Crippen LogP contribution is -2.39. The summed E-state index contributed by atoms with van der Waals surface area (Å²) in [5.41, 5.74) is 1.65. The highest BCUT2D eigenvalue weighted by molar-refractivity contribution is 5.96. The normalized spacial score (nSPS) is 11.8. The Bertz CT molecular complexity index is 582. The Labute approximate surface area is 184 Å². The fourth-order valence-corrected chi connectivity index (χ4v) is 3.46. The minimum atomic E-state index is -0.638. The number of carbonyl (C=O) groups excluding carboxylic acids is 2. The van der Waals surface area contributed by atoms with Gasteiger partial charge >= 0.3 is 5.97 Å². The van der Waals surface area contributed by atoms with Crippen LogP contribution in [0.3, 0.4) is 0 Å². The van der Waals surface area contributed by atoms with Crippen molar-refractivity contribution in [2.24, 2.45) is 0 Å². The fraction of sp³-hybridized carbons (Fsp3) is 0.692. The predicted molar refractivity (Wildman–Crippen MR) is 125 cm³/mol. The van der Waals surface area contributed by atoms with E-state index >= 15 is 0 Å². The van der Waals surface area contributed by atoms with Gasteiger partial charge in [0.25, 0.3) is 5.91 Å². The number of hydrogen-bond acceptors (Lipinski definition) is 3. The lowest BCUT2D eigenvalue weighted by molar-refractivity contribution is -0.145. The summed E-state index contributed by atoms with van der Waals surface area (Å²) in [6, 6.07) is 6.65. The van der Waals surface area contributed by atoms with Gasteiger partial charge in [-0.1, -0.05) is 102 Å². The molecule has 1 aromatic carbocycles. The van der Waals surface area contributed by atoms with Crippen LogP contribution in [0, 0.1) is 6.92 Å². The molecule has 1 amide bonds.